The molecule has 3 heterocycles. The standard InChI is InChI=1S/C22H26BrFN6O5/c1-13(31)25-10-15-9-16(20(32)26-15)14-2-3-18(17(24)8-14)28-6-4-22(33,5-7-28)12-29-11-19(30(34)35)27-21(29)23/h2-3,8,11,15-16,33H,4-7,9-10,12H2,1H3,(H,25,31)(H,26,32)/t15-,16?/m0/s1. The van der Waals surface area contributed by atoms with Gasteiger partial charge in [-0.25, -0.2) is 4.39 Å². The fourth-order valence-corrected chi connectivity index (χ4v) is 5.06. The molecule has 2 aliphatic heterocycles. The summed E-state index contributed by atoms with van der Waals surface area (Å²) in [5.41, 5.74) is -0.146. The summed E-state index contributed by atoms with van der Waals surface area (Å²) in [6.07, 6.45) is 2.41. The molecule has 2 saturated heterocycles. The average Bonchev–Trinajstić information content (AvgIpc) is 3.35. The molecule has 1 aromatic heterocycles. The second-order valence-corrected chi connectivity index (χ2v) is 9.82. The highest BCUT2D eigenvalue weighted by Gasteiger charge is 2.36. The van der Waals surface area contributed by atoms with Gasteiger partial charge in [0.05, 0.1) is 23.8 Å². The lowest BCUT2D eigenvalue weighted by Gasteiger charge is -2.39. The summed E-state index contributed by atoms with van der Waals surface area (Å²) >= 11 is 3.18. The number of nitro groups is 1. The molecule has 0 saturated carbocycles. The Morgan fingerprint density at radius 2 is 2.14 bits per heavy atom. The molecule has 188 valence electrons. The van der Waals surface area contributed by atoms with E-state index < -0.39 is 22.3 Å². The molecule has 2 aliphatic rings. The first-order valence-corrected chi connectivity index (χ1v) is 12.0. The summed E-state index contributed by atoms with van der Waals surface area (Å²) in [4.78, 5) is 39.5. The van der Waals surface area contributed by atoms with Crippen molar-refractivity contribution in [2.75, 3.05) is 24.5 Å². The van der Waals surface area contributed by atoms with E-state index in [4.69, 9.17) is 0 Å². The molecule has 11 nitrogen and oxygen atoms in total. The lowest BCUT2D eigenvalue weighted by Crippen LogP contribution is -2.47. The van der Waals surface area contributed by atoms with E-state index in [1.54, 1.807) is 12.1 Å². The second-order valence-electron chi connectivity index (χ2n) is 9.11. The number of aliphatic hydroxyl groups is 1. The smallest absolute Gasteiger partial charge is 0.382 e. The van der Waals surface area contributed by atoms with E-state index in [9.17, 15) is 24.8 Å². The number of imidazole rings is 1. The molecule has 0 aliphatic carbocycles. The van der Waals surface area contributed by atoms with Gasteiger partial charge in [-0.1, -0.05) is 6.07 Å². The number of halogens is 2. The van der Waals surface area contributed by atoms with Gasteiger partial charge in [0.25, 0.3) is 4.73 Å². The maximum atomic E-state index is 15.1. The Balaban J connectivity index is 1.38. The van der Waals surface area contributed by atoms with E-state index in [1.807, 2.05) is 4.90 Å². The van der Waals surface area contributed by atoms with Gasteiger partial charge in [-0.2, -0.15) is 0 Å². The van der Waals surface area contributed by atoms with Gasteiger partial charge in [-0.3, -0.25) is 14.2 Å². The molecule has 2 atom stereocenters. The number of carbonyl (C=O) groups excluding carboxylic acids is 2. The lowest BCUT2D eigenvalue weighted by molar-refractivity contribution is -0.389. The Labute approximate surface area is 209 Å². The summed E-state index contributed by atoms with van der Waals surface area (Å²) in [5.74, 6) is -1.61. The van der Waals surface area contributed by atoms with Crippen molar-refractivity contribution in [3.8, 4) is 0 Å². The van der Waals surface area contributed by atoms with Crippen molar-refractivity contribution in [2.24, 2.45) is 0 Å². The van der Waals surface area contributed by atoms with Gasteiger partial charge < -0.3 is 30.8 Å². The van der Waals surface area contributed by atoms with Crippen molar-refractivity contribution in [3.63, 3.8) is 0 Å². The maximum Gasteiger partial charge on any atom is 0.382 e. The molecule has 2 amide bonds. The molecule has 4 rings (SSSR count). The third kappa shape index (κ3) is 5.61. The van der Waals surface area contributed by atoms with Gasteiger partial charge in [0.2, 0.25) is 11.8 Å². The zero-order valence-electron chi connectivity index (χ0n) is 19.0. The third-order valence-corrected chi connectivity index (χ3v) is 7.19. The van der Waals surface area contributed by atoms with Crippen molar-refractivity contribution >= 4 is 39.2 Å². The number of hydrogen-bond acceptors (Lipinski definition) is 7. The third-order valence-electron chi connectivity index (χ3n) is 6.56. The van der Waals surface area contributed by atoms with Crippen LogP contribution in [0.3, 0.4) is 0 Å². The van der Waals surface area contributed by atoms with Crippen LogP contribution in [-0.4, -0.2) is 62.7 Å². The van der Waals surface area contributed by atoms with Crippen LogP contribution in [0.4, 0.5) is 15.9 Å². The molecule has 0 bridgehead atoms. The Hall–Kier alpha value is -3.06. The largest absolute Gasteiger partial charge is 0.388 e. The zero-order valence-corrected chi connectivity index (χ0v) is 20.6. The SMILES string of the molecule is CC(=O)NC[C@@H]1CC(c2ccc(N3CCC(O)(Cn4cc([N+](=O)[O-])nc4Br)CC3)c(F)c2)C(=O)N1. The van der Waals surface area contributed by atoms with Crippen LogP contribution in [0.25, 0.3) is 0 Å². The molecule has 0 spiro atoms. The average molecular weight is 553 g/mol. The topological polar surface area (TPSA) is 143 Å². The number of nitrogens with zero attached hydrogens (tertiary/aromatic N) is 4. The van der Waals surface area contributed by atoms with Crippen molar-refractivity contribution in [1.82, 2.24) is 20.2 Å². The molecule has 1 unspecified atom stereocenters. The van der Waals surface area contributed by atoms with Gasteiger partial charge in [0, 0.05) is 48.5 Å². The molecule has 35 heavy (non-hydrogen) atoms. The molecule has 13 heteroatoms. The van der Waals surface area contributed by atoms with Gasteiger partial charge >= 0.3 is 5.82 Å². The fourth-order valence-electron chi connectivity index (χ4n) is 4.66. The maximum absolute atomic E-state index is 15.1. The van der Waals surface area contributed by atoms with Gasteiger partial charge in [0.1, 0.15) is 12.0 Å². The van der Waals surface area contributed by atoms with Crippen LogP contribution in [0.5, 0.6) is 0 Å². The van der Waals surface area contributed by atoms with E-state index in [0.717, 1.165) is 0 Å². The predicted octanol–water partition coefficient (Wildman–Crippen LogP) is 1.83. The normalized spacial score (nSPS) is 21.6. The summed E-state index contributed by atoms with van der Waals surface area (Å²) in [5, 5.41) is 27.5. The summed E-state index contributed by atoms with van der Waals surface area (Å²) in [6.45, 7) is 2.65. The van der Waals surface area contributed by atoms with E-state index in [0.29, 0.717) is 50.1 Å². The summed E-state index contributed by atoms with van der Waals surface area (Å²) in [6, 6.07) is 4.57. The number of aromatic nitrogens is 2. The van der Waals surface area contributed by atoms with E-state index in [1.165, 1.54) is 23.8 Å². The quantitative estimate of drug-likeness (QED) is 0.351. The Kier molecular flexibility index (Phi) is 7.08. The van der Waals surface area contributed by atoms with Crippen LogP contribution < -0.4 is 15.5 Å². The van der Waals surface area contributed by atoms with Gasteiger partial charge in [0.15, 0.2) is 0 Å². The minimum atomic E-state index is -1.12. The van der Waals surface area contributed by atoms with Crippen LogP contribution in [0.1, 0.15) is 37.7 Å². The molecular formula is C22H26BrFN6O5. The minimum Gasteiger partial charge on any atom is -0.388 e. The van der Waals surface area contributed by atoms with Crippen LogP contribution >= 0.6 is 15.9 Å². The van der Waals surface area contributed by atoms with Crippen LogP contribution in [0, 0.1) is 15.9 Å². The first-order chi connectivity index (χ1) is 16.5. The Bertz CT molecular complexity index is 1150. The molecular weight excluding hydrogens is 527 g/mol. The van der Waals surface area contributed by atoms with Crippen LogP contribution in [-0.2, 0) is 16.1 Å². The highest BCUT2D eigenvalue weighted by molar-refractivity contribution is 9.10. The number of anilines is 1. The van der Waals surface area contributed by atoms with Crippen molar-refractivity contribution in [1.29, 1.82) is 0 Å². The Morgan fingerprint density at radius 1 is 1.43 bits per heavy atom. The first kappa shape index (κ1) is 25.0. The van der Waals surface area contributed by atoms with Crippen molar-refractivity contribution < 1.29 is 24.0 Å². The highest BCUT2D eigenvalue weighted by Crippen LogP contribution is 2.33. The summed E-state index contributed by atoms with van der Waals surface area (Å²) < 4.78 is 16.8. The number of hydrogen-bond donors (Lipinski definition) is 3. The van der Waals surface area contributed by atoms with E-state index >= 15 is 4.39 Å². The van der Waals surface area contributed by atoms with E-state index in [-0.39, 0.29) is 35.0 Å². The highest BCUT2D eigenvalue weighted by atomic mass is 79.9. The first-order valence-electron chi connectivity index (χ1n) is 11.2. The van der Waals surface area contributed by atoms with Crippen LogP contribution in [0.2, 0.25) is 0 Å². The predicted molar refractivity (Wildman–Crippen MR) is 127 cm³/mol. The number of benzene rings is 1. The van der Waals surface area contributed by atoms with Crippen molar-refractivity contribution in [2.45, 2.75) is 50.3 Å². The molecule has 1 aromatic carbocycles. The number of carbonyl (C=O) groups is 2. The number of nitrogens with one attached hydrogen (secondary N) is 2. The van der Waals surface area contributed by atoms with Crippen molar-refractivity contribution in [3.05, 3.63) is 50.6 Å². The minimum absolute atomic E-state index is 0.125. The van der Waals surface area contributed by atoms with E-state index in [2.05, 4.69) is 31.5 Å². The molecule has 3 N–H and O–H groups in total. The van der Waals surface area contributed by atoms with Crippen LogP contribution in [0.15, 0.2) is 29.1 Å². The lowest BCUT2D eigenvalue weighted by atomic mass is 9.90. The second kappa shape index (κ2) is 9.90. The zero-order chi connectivity index (χ0) is 25.3. The summed E-state index contributed by atoms with van der Waals surface area (Å²) in [7, 11) is 0. The molecule has 2 fully saturated rings. The van der Waals surface area contributed by atoms with Gasteiger partial charge in [-0.15, -0.1) is 0 Å². The monoisotopic (exact) mass is 552 g/mol. The molecule has 2 aromatic rings. The Morgan fingerprint density at radius 3 is 2.74 bits per heavy atom. The van der Waals surface area contributed by atoms with Gasteiger partial charge in [-0.05, 0) is 46.9 Å². The number of piperidine rings is 1. The fraction of sp³-hybridized carbons (Fsp3) is 0.500. The molecule has 0 radical (unpaired) electrons. The number of rotatable bonds is 7. The number of amides is 2.